The van der Waals surface area contributed by atoms with Crippen molar-refractivity contribution in [1.29, 1.82) is 0 Å². The molecule has 0 aliphatic carbocycles. The average Bonchev–Trinajstić information content (AvgIpc) is 3.15. The van der Waals surface area contributed by atoms with E-state index < -0.39 is 0 Å². The monoisotopic (exact) mass is 360 g/mol. The fourth-order valence-electron chi connectivity index (χ4n) is 3.46. The fraction of sp³-hybridized carbons (Fsp3) is 0.588. The molecule has 3 aliphatic rings. The van der Waals surface area contributed by atoms with Gasteiger partial charge < -0.3 is 15.1 Å². The molecule has 0 fully saturated rings. The van der Waals surface area contributed by atoms with Crippen LogP contribution in [0.4, 0.5) is 0 Å². The molecule has 7 nitrogen and oxygen atoms in total. The molecule has 0 aromatic carbocycles. The topological polar surface area (TPSA) is 65.8 Å². The predicted octanol–water partition coefficient (Wildman–Crippen LogP) is 1.49. The highest BCUT2D eigenvalue weighted by Gasteiger charge is 2.24. The van der Waals surface area contributed by atoms with Gasteiger partial charge in [0, 0.05) is 51.4 Å². The number of rotatable bonds is 4. The molecule has 1 amide bonds. The van der Waals surface area contributed by atoms with Gasteiger partial charge in [0.1, 0.15) is 5.69 Å². The number of nitrogens with zero attached hydrogens (tertiary/aromatic N) is 5. The van der Waals surface area contributed by atoms with Crippen molar-refractivity contribution in [2.24, 2.45) is 4.99 Å². The van der Waals surface area contributed by atoms with E-state index in [9.17, 15) is 4.79 Å². The largest absolute Gasteiger partial charge is 0.350 e. The Kier molecular flexibility index (Phi) is 4.80. The fourth-order valence-corrected chi connectivity index (χ4v) is 4.45. The van der Waals surface area contributed by atoms with Gasteiger partial charge in [-0.3, -0.25) is 14.5 Å². The number of carbonyl (C=O) groups excluding carboxylic acids is 1. The Morgan fingerprint density at radius 1 is 1.32 bits per heavy atom. The van der Waals surface area contributed by atoms with Gasteiger partial charge in [-0.15, -0.1) is 0 Å². The van der Waals surface area contributed by atoms with E-state index in [0.29, 0.717) is 12.2 Å². The zero-order valence-corrected chi connectivity index (χ0v) is 15.4. The molecule has 4 rings (SSSR count). The summed E-state index contributed by atoms with van der Waals surface area (Å²) < 4.78 is 1.98. The summed E-state index contributed by atoms with van der Waals surface area (Å²) >= 11 is 1.69. The highest BCUT2D eigenvalue weighted by Crippen LogP contribution is 2.30. The van der Waals surface area contributed by atoms with E-state index >= 15 is 0 Å². The maximum atomic E-state index is 12.4. The van der Waals surface area contributed by atoms with E-state index in [1.54, 1.807) is 11.8 Å². The molecule has 1 aromatic rings. The molecule has 3 aliphatic heterocycles. The Morgan fingerprint density at radius 3 is 3.16 bits per heavy atom. The van der Waals surface area contributed by atoms with Crippen LogP contribution in [-0.2, 0) is 13.1 Å². The SMILES string of the molecule is CN1CCCn2nc(C(=O)NCCC3=CSC4=NCCCN34)cc2C1. The number of hydrogen-bond acceptors (Lipinski definition) is 6. The first-order valence-corrected chi connectivity index (χ1v) is 9.80. The molecule has 4 heterocycles. The summed E-state index contributed by atoms with van der Waals surface area (Å²) in [7, 11) is 2.11. The van der Waals surface area contributed by atoms with Crippen LogP contribution in [0.15, 0.2) is 22.2 Å². The van der Waals surface area contributed by atoms with Gasteiger partial charge in [0.05, 0.1) is 5.69 Å². The molecule has 0 radical (unpaired) electrons. The van der Waals surface area contributed by atoms with E-state index in [2.05, 4.69) is 37.7 Å². The molecule has 0 saturated heterocycles. The first-order chi connectivity index (χ1) is 12.2. The standard InChI is InChI=1S/C17H24N6OS/c1-21-7-3-9-23-14(11-21)10-15(20-23)16(24)18-6-4-13-12-25-17-19-5-2-8-22(13)17/h10,12H,2-9,11H2,1H3,(H,18,24). The van der Waals surface area contributed by atoms with Gasteiger partial charge in [0.25, 0.3) is 5.91 Å². The van der Waals surface area contributed by atoms with Crippen molar-refractivity contribution in [3.8, 4) is 0 Å². The second-order valence-corrected chi connectivity index (χ2v) is 7.57. The Balaban J connectivity index is 1.32. The van der Waals surface area contributed by atoms with Crippen molar-refractivity contribution in [3.63, 3.8) is 0 Å². The Hall–Kier alpha value is -1.80. The molecular weight excluding hydrogens is 336 g/mol. The molecule has 0 bridgehead atoms. The number of hydrogen-bond donors (Lipinski definition) is 1. The van der Waals surface area contributed by atoms with Crippen LogP contribution in [0, 0.1) is 0 Å². The van der Waals surface area contributed by atoms with Crippen molar-refractivity contribution in [2.75, 3.05) is 33.2 Å². The van der Waals surface area contributed by atoms with Gasteiger partial charge in [-0.25, -0.2) is 0 Å². The second kappa shape index (κ2) is 7.21. The van der Waals surface area contributed by atoms with E-state index in [0.717, 1.165) is 62.8 Å². The van der Waals surface area contributed by atoms with E-state index in [-0.39, 0.29) is 5.91 Å². The molecule has 1 aromatic heterocycles. The lowest BCUT2D eigenvalue weighted by Crippen LogP contribution is -2.32. The number of amides is 1. The summed E-state index contributed by atoms with van der Waals surface area (Å²) in [5.74, 6) is -0.0815. The Morgan fingerprint density at radius 2 is 2.24 bits per heavy atom. The molecule has 0 atom stereocenters. The molecule has 25 heavy (non-hydrogen) atoms. The first kappa shape index (κ1) is 16.7. The average molecular weight is 360 g/mol. The van der Waals surface area contributed by atoms with Crippen LogP contribution in [0.5, 0.6) is 0 Å². The number of nitrogens with one attached hydrogen (secondary N) is 1. The summed E-state index contributed by atoms with van der Waals surface area (Å²) in [6, 6.07) is 1.93. The quantitative estimate of drug-likeness (QED) is 0.881. The summed E-state index contributed by atoms with van der Waals surface area (Å²) in [4.78, 5) is 21.5. The highest BCUT2D eigenvalue weighted by molar-refractivity contribution is 8.16. The summed E-state index contributed by atoms with van der Waals surface area (Å²) in [5.41, 5.74) is 2.90. The van der Waals surface area contributed by atoms with Crippen LogP contribution in [0.3, 0.4) is 0 Å². The molecule has 0 saturated carbocycles. The van der Waals surface area contributed by atoms with Crippen LogP contribution in [0.1, 0.15) is 35.4 Å². The summed E-state index contributed by atoms with van der Waals surface area (Å²) in [5, 5.41) is 10.8. The molecular formula is C17H24N6OS. The highest BCUT2D eigenvalue weighted by atomic mass is 32.2. The Bertz CT molecular complexity index is 725. The zero-order valence-electron chi connectivity index (χ0n) is 14.6. The van der Waals surface area contributed by atoms with Crippen molar-refractivity contribution in [2.45, 2.75) is 32.4 Å². The van der Waals surface area contributed by atoms with Crippen molar-refractivity contribution < 1.29 is 4.79 Å². The lowest BCUT2D eigenvalue weighted by atomic mass is 10.2. The normalized spacial score (nSPS) is 20.4. The maximum Gasteiger partial charge on any atom is 0.271 e. The van der Waals surface area contributed by atoms with Crippen LogP contribution in [0.25, 0.3) is 0 Å². The minimum atomic E-state index is -0.0815. The lowest BCUT2D eigenvalue weighted by Gasteiger charge is -2.25. The minimum Gasteiger partial charge on any atom is -0.350 e. The van der Waals surface area contributed by atoms with Gasteiger partial charge in [-0.2, -0.15) is 5.10 Å². The lowest BCUT2D eigenvalue weighted by molar-refractivity contribution is 0.0948. The predicted molar refractivity (Wildman–Crippen MR) is 99.4 cm³/mol. The van der Waals surface area contributed by atoms with Crippen LogP contribution < -0.4 is 5.32 Å². The van der Waals surface area contributed by atoms with Crippen LogP contribution >= 0.6 is 11.8 Å². The zero-order chi connectivity index (χ0) is 17.2. The van der Waals surface area contributed by atoms with E-state index in [1.165, 1.54) is 5.70 Å². The van der Waals surface area contributed by atoms with Crippen molar-refractivity contribution in [1.82, 2.24) is 24.9 Å². The number of aromatic nitrogens is 2. The number of thioether (sulfide) groups is 1. The first-order valence-electron chi connectivity index (χ1n) is 8.92. The van der Waals surface area contributed by atoms with Gasteiger partial charge in [-0.1, -0.05) is 11.8 Å². The molecule has 8 heteroatoms. The van der Waals surface area contributed by atoms with Crippen molar-refractivity contribution in [3.05, 3.63) is 28.6 Å². The van der Waals surface area contributed by atoms with Gasteiger partial charge >= 0.3 is 0 Å². The second-order valence-electron chi connectivity index (χ2n) is 6.74. The van der Waals surface area contributed by atoms with Gasteiger partial charge in [0.2, 0.25) is 0 Å². The molecule has 1 N–H and O–H groups in total. The number of fused-ring (bicyclic) bond motifs is 2. The molecule has 0 unspecified atom stereocenters. The third kappa shape index (κ3) is 3.59. The third-order valence-corrected chi connectivity index (χ3v) is 5.72. The molecule has 134 valence electrons. The van der Waals surface area contributed by atoms with E-state index in [4.69, 9.17) is 0 Å². The van der Waals surface area contributed by atoms with Crippen LogP contribution in [0.2, 0.25) is 0 Å². The van der Waals surface area contributed by atoms with Crippen molar-refractivity contribution >= 4 is 22.8 Å². The number of aryl methyl sites for hydroxylation is 1. The van der Waals surface area contributed by atoms with Gasteiger partial charge in [0.15, 0.2) is 5.17 Å². The number of aliphatic imine (C=N–C) groups is 1. The summed E-state index contributed by atoms with van der Waals surface area (Å²) in [6.45, 7) is 5.39. The van der Waals surface area contributed by atoms with Gasteiger partial charge in [-0.05, 0) is 31.4 Å². The molecule has 0 spiro atoms. The number of carbonyl (C=O) groups is 1. The van der Waals surface area contributed by atoms with Crippen LogP contribution in [-0.4, -0.2) is 63.9 Å². The smallest absolute Gasteiger partial charge is 0.271 e. The maximum absolute atomic E-state index is 12.4. The minimum absolute atomic E-state index is 0.0815. The Labute approximate surface area is 152 Å². The number of amidine groups is 1. The third-order valence-electron chi connectivity index (χ3n) is 4.77. The summed E-state index contributed by atoms with van der Waals surface area (Å²) in [6.07, 6.45) is 2.99. The van der Waals surface area contributed by atoms with E-state index in [1.807, 2.05) is 10.7 Å².